The molecule has 0 radical (unpaired) electrons. The van der Waals surface area contributed by atoms with Gasteiger partial charge in [-0.1, -0.05) is 0 Å². The first kappa shape index (κ1) is 14.4. The Hall–Kier alpha value is -1.97. The Bertz CT molecular complexity index is 682. The van der Waals surface area contributed by atoms with E-state index in [4.69, 9.17) is 5.84 Å². The van der Waals surface area contributed by atoms with Crippen LogP contribution in [0.15, 0.2) is 35.7 Å². The number of pyridine rings is 1. The molecule has 0 aromatic carbocycles. The van der Waals surface area contributed by atoms with Gasteiger partial charge in [0.2, 0.25) is 10.0 Å². The summed E-state index contributed by atoms with van der Waals surface area (Å²) < 4.78 is 28.4. The number of anilines is 1. The van der Waals surface area contributed by atoms with Crippen molar-refractivity contribution < 1.29 is 8.42 Å². The average Bonchev–Trinajstić information content (AvgIpc) is 2.84. The van der Waals surface area contributed by atoms with Crippen LogP contribution in [0, 0.1) is 6.92 Å². The Morgan fingerprint density at radius 1 is 1.40 bits per heavy atom. The van der Waals surface area contributed by atoms with E-state index in [0.717, 1.165) is 5.56 Å². The smallest absolute Gasteiger partial charge is 0.244 e. The number of hydrogen-bond acceptors (Lipinski definition) is 6. The molecule has 108 valence electrons. The molecule has 8 nitrogen and oxygen atoms in total. The summed E-state index contributed by atoms with van der Waals surface area (Å²) >= 11 is 0. The van der Waals surface area contributed by atoms with Gasteiger partial charge in [0.15, 0.2) is 0 Å². The molecule has 4 N–H and O–H groups in total. The zero-order valence-corrected chi connectivity index (χ0v) is 11.8. The Morgan fingerprint density at radius 2 is 2.20 bits per heavy atom. The summed E-state index contributed by atoms with van der Waals surface area (Å²) in [7, 11) is -3.66. The minimum Gasteiger partial charge on any atom is -0.323 e. The fourth-order valence-electron chi connectivity index (χ4n) is 1.67. The number of nitrogens with one attached hydrogen (secondary N) is 2. The van der Waals surface area contributed by atoms with Gasteiger partial charge in [-0.25, -0.2) is 13.1 Å². The fourth-order valence-corrected chi connectivity index (χ4v) is 2.81. The summed E-state index contributed by atoms with van der Waals surface area (Å²) in [6, 6.07) is 1.49. The lowest BCUT2D eigenvalue weighted by Gasteiger charge is -2.10. The molecule has 9 heteroatoms. The standard InChI is InChI=1S/C11H16N6O2S/c1-9-6-14-17(8-9)5-4-15-20(18,19)11-7-13-3-2-10(11)16-12/h2-3,6-8,15H,4-5,12H2,1H3,(H,13,16). The third-order valence-electron chi connectivity index (χ3n) is 2.62. The van der Waals surface area contributed by atoms with Crippen molar-refractivity contribution in [2.45, 2.75) is 18.4 Å². The van der Waals surface area contributed by atoms with Gasteiger partial charge in [0.05, 0.1) is 18.4 Å². The average molecular weight is 296 g/mol. The molecule has 0 aliphatic carbocycles. The minimum atomic E-state index is -3.66. The van der Waals surface area contributed by atoms with Crippen LogP contribution >= 0.6 is 0 Å². The SMILES string of the molecule is Cc1cnn(CCNS(=O)(=O)c2cnccc2NN)c1. The van der Waals surface area contributed by atoms with Gasteiger partial charge in [-0.05, 0) is 18.6 Å². The van der Waals surface area contributed by atoms with Crippen molar-refractivity contribution in [3.8, 4) is 0 Å². The van der Waals surface area contributed by atoms with Crippen LogP contribution in [0.25, 0.3) is 0 Å². The first-order valence-electron chi connectivity index (χ1n) is 5.92. The lowest BCUT2D eigenvalue weighted by atomic mass is 10.4. The van der Waals surface area contributed by atoms with Gasteiger partial charge in [0.25, 0.3) is 0 Å². The van der Waals surface area contributed by atoms with Crippen molar-refractivity contribution in [3.63, 3.8) is 0 Å². The Balaban J connectivity index is 2.04. The van der Waals surface area contributed by atoms with Crippen molar-refractivity contribution in [3.05, 3.63) is 36.4 Å². The maximum absolute atomic E-state index is 12.1. The maximum atomic E-state index is 12.1. The van der Waals surface area contributed by atoms with E-state index in [2.05, 4.69) is 20.2 Å². The first-order valence-corrected chi connectivity index (χ1v) is 7.40. The molecule has 0 bridgehead atoms. The van der Waals surface area contributed by atoms with E-state index in [0.29, 0.717) is 12.2 Å². The van der Waals surface area contributed by atoms with E-state index in [-0.39, 0.29) is 11.4 Å². The molecule has 2 rings (SSSR count). The number of nitrogens with zero attached hydrogens (tertiary/aromatic N) is 3. The van der Waals surface area contributed by atoms with Crippen LogP contribution in [-0.4, -0.2) is 29.7 Å². The molecule has 0 aliphatic heterocycles. The molecule has 0 spiro atoms. The van der Waals surface area contributed by atoms with Crippen LogP contribution in [0.4, 0.5) is 5.69 Å². The monoisotopic (exact) mass is 296 g/mol. The molecule has 0 atom stereocenters. The van der Waals surface area contributed by atoms with Crippen molar-refractivity contribution in [2.24, 2.45) is 5.84 Å². The number of sulfonamides is 1. The van der Waals surface area contributed by atoms with E-state index in [1.54, 1.807) is 10.9 Å². The predicted octanol–water partition coefficient (Wildman–Crippen LogP) is -0.149. The van der Waals surface area contributed by atoms with Crippen molar-refractivity contribution in [1.29, 1.82) is 0 Å². The molecule has 2 heterocycles. The maximum Gasteiger partial charge on any atom is 0.244 e. The number of rotatable bonds is 6. The number of hydrogen-bond donors (Lipinski definition) is 3. The van der Waals surface area contributed by atoms with Crippen LogP contribution in [0.1, 0.15) is 5.56 Å². The zero-order valence-electron chi connectivity index (χ0n) is 10.9. The van der Waals surface area contributed by atoms with Crippen LogP contribution in [0.2, 0.25) is 0 Å². The van der Waals surface area contributed by atoms with E-state index in [1.807, 2.05) is 13.1 Å². The Morgan fingerprint density at radius 3 is 2.85 bits per heavy atom. The molecule has 0 amide bonds. The molecule has 2 aromatic heterocycles. The van der Waals surface area contributed by atoms with Gasteiger partial charge in [-0.3, -0.25) is 15.5 Å². The van der Waals surface area contributed by atoms with Crippen molar-refractivity contribution in [2.75, 3.05) is 12.0 Å². The Labute approximate surface area is 117 Å². The molecule has 20 heavy (non-hydrogen) atoms. The molecule has 0 unspecified atom stereocenters. The van der Waals surface area contributed by atoms with Crippen LogP contribution in [0.3, 0.4) is 0 Å². The van der Waals surface area contributed by atoms with E-state index in [1.165, 1.54) is 18.5 Å². The molecule has 2 aromatic rings. The minimum absolute atomic E-state index is 0.0131. The Kier molecular flexibility index (Phi) is 4.32. The van der Waals surface area contributed by atoms with Crippen molar-refractivity contribution >= 4 is 15.7 Å². The number of aromatic nitrogens is 3. The second kappa shape index (κ2) is 5.99. The largest absolute Gasteiger partial charge is 0.323 e. The lowest BCUT2D eigenvalue weighted by Crippen LogP contribution is -2.28. The van der Waals surface area contributed by atoms with Gasteiger partial charge in [0, 0.05) is 25.1 Å². The third kappa shape index (κ3) is 3.32. The van der Waals surface area contributed by atoms with Gasteiger partial charge >= 0.3 is 0 Å². The van der Waals surface area contributed by atoms with Gasteiger partial charge < -0.3 is 5.43 Å². The normalized spacial score (nSPS) is 11.5. The number of nitrogens with two attached hydrogens (primary N) is 1. The number of aryl methyl sites for hydroxylation is 1. The van der Waals surface area contributed by atoms with Crippen LogP contribution in [0.5, 0.6) is 0 Å². The third-order valence-corrected chi connectivity index (χ3v) is 4.11. The van der Waals surface area contributed by atoms with Crippen LogP contribution < -0.4 is 16.0 Å². The molecule has 0 saturated heterocycles. The predicted molar refractivity (Wildman–Crippen MR) is 74.2 cm³/mol. The topological polar surface area (TPSA) is 115 Å². The summed E-state index contributed by atoms with van der Waals surface area (Å²) in [5.41, 5.74) is 3.65. The highest BCUT2D eigenvalue weighted by atomic mass is 32.2. The van der Waals surface area contributed by atoms with E-state index < -0.39 is 10.0 Å². The molecule has 0 fully saturated rings. The molecular formula is C11H16N6O2S. The van der Waals surface area contributed by atoms with E-state index in [9.17, 15) is 8.42 Å². The van der Waals surface area contributed by atoms with Gasteiger partial charge in [-0.15, -0.1) is 0 Å². The molecule has 0 aliphatic rings. The second-order valence-corrected chi connectivity index (χ2v) is 5.93. The van der Waals surface area contributed by atoms with Crippen molar-refractivity contribution in [1.82, 2.24) is 19.5 Å². The lowest BCUT2D eigenvalue weighted by molar-refractivity contribution is 0.560. The molecule has 0 saturated carbocycles. The summed E-state index contributed by atoms with van der Waals surface area (Å²) in [4.78, 5) is 3.81. The van der Waals surface area contributed by atoms with Gasteiger partial charge in [-0.2, -0.15) is 5.10 Å². The summed E-state index contributed by atoms with van der Waals surface area (Å²) in [5.74, 6) is 5.29. The fraction of sp³-hybridized carbons (Fsp3) is 0.273. The highest BCUT2D eigenvalue weighted by Crippen LogP contribution is 2.17. The first-order chi connectivity index (χ1) is 9.53. The number of hydrazine groups is 1. The summed E-state index contributed by atoms with van der Waals surface area (Å²) in [6.45, 7) is 2.59. The van der Waals surface area contributed by atoms with Gasteiger partial charge in [0.1, 0.15) is 4.90 Å². The second-order valence-electron chi connectivity index (χ2n) is 4.19. The molecular weight excluding hydrogens is 280 g/mol. The van der Waals surface area contributed by atoms with Crippen LogP contribution in [-0.2, 0) is 16.6 Å². The quantitative estimate of drug-likeness (QED) is 0.504. The summed E-state index contributed by atoms with van der Waals surface area (Å²) in [5, 5.41) is 4.08. The van der Waals surface area contributed by atoms with E-state index >= 15 is 0 Å². The summed E-state index contributed by atoms with van der Waals surface area (Å²) in [6.07, 6.45) is 6.26. The highest BCUT2D eigenvalue weighted by molar-refractivity contribution is 7.89. The number of nitrogen functional groups attached to an aromatic ring is 1. The zero-order chi connectivity index (χ0) is 14.6. The highest BCUT2D eigenvalue weighted by Gasteiger charge is 2.17.